The van der Waals surface area contributed by atoms with Gasteiger partial charge in [0.15, 0.2) is 9.84 Å². The van der Waals surface area contributed by atoms with E-state index in [0.29, 0.717) is 0 Å². The van der Waals surface area contributed by atoms with Crippen LogP contribution in [0.25, 0.3) is 0 Å². The first-order valence-electron chi connectivity index (χ1n) is 5.79. The van der Waals surface area contributed by atoms with E-state index in [4.69, 9.17) is 0 Å². The smallest absolute Gasteiger partial charge is 0.291 e. The molecule has 0 aromatic heterocycles. The van der Waals surface area contributed by atoms with Crippen molar-refractivity contribution in [2.75, 3.05) is 6.26 Å². The molecule has 0 amide bonds. The molecule has 0 saturated carbocycles. The minimum Gasteiger partial charge on any atom is -0.393 e. The molecule has 0 aliphatic rings. The second-order valence-electron chi connectivity index (χ2n) is 4.81. The number of aliphatic hydroxyl groups excluding tert-OH is 1. The quantitative estimate of drug-likeness (QED) is 0.654. The molecule has 0 fully saturated rings. The van der Waals surface area contributed by atoms with Gasteiger partial charge in [-0.05, 0) is 12.0 Å². The summed E-state index contributed by atoms with van der Waals surface area (Å²) in [5.74, 6) is -0.0681. The molecule has 19 heavy (non-hydrogen) atoms. The van der Waals surface area contributed by atoms with E-state index in [2.05, 4.69) is 0 Å². The van der Waals surface area contributed by atoms with Crippen molar-refractivity contribution in [3.8, 4) is 0 Å². The molecule has 0 aliphatic heterocycles. The Balaban J connectivity index is 3.38. The zero-order valence-corrected chi connectivity index (χ0v) is 11.8. The Hall–Kier alpha value is -1.47. The predicted molar refractivity (Wildman–Crippen MR) is 70.8 cm³/mol. The molecule has 1 N–H and O–H groups in total. The largest absolute Gasteiger partial charge is 0.393 e. The van der Waals surface area contributed by atoms with Crippen molar-refractivity contribution in [3.63, 3.8) is 0 Å². The van der Waals surface area contributed by atoms with E-state index < -0.39 is 26.6 Å². The molecule has 1 aromatic carbocycles. The molecular formula is C12H17NO5S. The minimum atomic E-state index is -3.68. The number of nitro groups is 1. The fraction of sp³-hybridized carbons (Fsp3) is 0.500. The van der Waals surface area contributed by atoms with Crippen LogP contribution in [0.1, 0.15) is 19.4 Å². The van der Waals surface area contributed by atoms with Gasteiger partial charge in [0.1, 0.15) is 4.90 Å². The number of para-hydroxylation sites is 1. The van der Waals surface area contributed by atoms with Crippen LogP contribution >= 0.6 is 0 Å². The number of rotatable bonds is 5. The van der Waals surface area contributed by atoms with Gasteiger partial charge in [0.25, 0.3) is 5.69 Å². The summed E-state index contributed by atoms with van der Waals surface area (Å²) in [6.45, 7) is 3.58. The third-order valence-corrected chi connectivity index (χ3v) is 3.99. The van der Waals surface area contributed by atoms with E-state index in [0.717, 1.165) is 6.26 Å². The molecule has 1 rings (SSSR count). The van der Waals surface area contributed by atoms with E-state index in [1.807, 2.05) is 0 Å². The first-order chi connectivity index (χ1) is 8.64. The maximum Gasteiger partial charge on any atom is 0.291 e. The Morgan fingerprint density at radius 3 is 2.37 bits per heavy atom. The number of benzene rings is 1. The molecule has 0 saturated heterocycles. The van der Waals surface area contributed by atoms with Crippen LogP contribution in [0.15, 0.2) is 23.1 Å². The van der Waals surface area contributed by atoms with Gasteiger partial charge in [0.2, 0.25) is 0 Å². The highest BCUT2D eigenvalue weighted by Crippen LogP contribution is 2.29. The SMILES string of the molecule is CC(C)C(O)Cc1cccc(S(C)(=O)=O)c1[N+](=O)[O-]. The van der Waals surface area contributed by atoms with Crippen LogP contribution in [0.3, 0.4) is 0 Å². The van der Waals surface area contributed by atoms with Crippen molar-refractivity contribution in [2.24, 2.45) is 5.92 Å². The van der Waals surface area contributed by atoms with Gasteiger partial charge in [0.05, 0.1) is 11.0 Å². The normalized spacial score (nSPS) is 13.5. The fourth-order valence-electron chi connectivity index (χ4n) is 1.70. The Bertz CT molecular complexity index is 580. The summed E-state index contributed by atoms with van der Waals surface area (Å²) in [7, 11) is -3.68. The molecule has 1 atom stereocenters. The Morgan fingerprint density at radius 2 is 1.95 bits per heavy atom. The van der Waals surface area contributed by atoms with Crippen LogP contribution in [0.5, 0.6) is 0 Å². The summed E-state index contributed by atoms with van der Waals surface area (Å²) < 4.78 is 23.1. The monoisotopic (exact) mass is 287 g/mol. The molecule has 7 heteroatoms. The lowest BCUT2D eigenvalue weighted by molar-refractivity contribution is -0.388. The predicted octanol–water partition coefficient (Wildman–Crippen LogP) is 1.56. The standard InChI is InChI=1S/C12H17NO5S/c1-8(2)10(14)7-9-5-4-6-11(19(3,17)18)12(9)13(15)16/h4-6,8,10,14H,7H2,1-3H3. The molecule has 0 radical (unpaired) electrons. The Kier molecular flexibility index (Phi) is 4.65. The van der Waals surface area contributed by atoms with Crippen LogP contribution in [0.2, 0.25) is 0 Å². The van der Waals surface area contributed by atoms with Crippen molar-refractivity contribution in [3.05, 3.63) is 33.9 Å². The van der Waals surface area contributed by atoms with Crippen LogP contribution in [0.4, 0.5) is 5.69 Å². The summed E-state index contributed by atoms with van der Waals surface area (Å²) in [4.78, 5) is 10.1. The van der Waals surface area contributed by atoms with Crippen molar-refractivity contribution in [1.82, 2.24) is 0 Å². The molecule has 6 nitrogen and oxygen atoms in total. The third-order valence-electron chi connectivity index (χ3n) is 2.86. The van der Waals surface area contributed by atoms with Crippen LogP contribution < -0.4 is 0 Å². The van der Waals surface area contributed by atoms with Gasteiger partial charge in [-0.15, -0.1) is 0 Å². The molecule has 106 valence electrons. The molecule has 0 aliphatic carbocycles. The lowest BCUT2D eigenvalue weighted by atomic mass is 9.98. The van der Waals surface area contributed by atoms with E-state index in [1.54, 1.807) is 13.8 Å². The van der Waals surface area contributed by atoms with Gasteiger partial charge in [-0.1, -0.05) is 26.0 Å². The average Bonchev–Trinajstić information content (AvgIpc) is 2.26. The summed E-state index contributed by atoms with van der Waals surface area (Å²) in [6, 6.07) is 4.13. The summed E-state index contributed by atoms with van der Waals surface area (Å²) in [5, 5.41) is 20.9. The Labute approximate surface area is 112 Å². The molecule has 0 heterocycles. The van der Waals surface area contributed by atoms with Gasteiger partial charge in [-0.3, -0.25) is 10.1 Å². The highest BCUT2D eigenvalue weighted by molar-refractivity contribution is 7.90. The Morgan fingerprint density at radius 1 is 1.37 bits per heavy atom. The maximum absolute atomic E-state index is 11.6. The first-order valence-corrected chi connectivity index (χ1v) is 7.68. The summed E-state index contributed by atoms with van der Waals surface area (Å²) in [6.07, 6.45) is 0.225. The second kappa shape index (κ2) is 5.66. The van der Waals surface area contributed by atoms with E-state index in [1.165, 1.54) is 18.2 Å². The number of nitrogens with zero attached hydrogens (tertiary/aromatic N) is 1. The van der Waals surface area contributed by atoms with Crippen LogP contribution in [-0.4, -0.2) is 30.8 Å². The first kappa shape index (κ1) is 15.6. The number of aliphatic hydroxyl groups is 1. The third kappa shape index (κ3) is 3.74. The molecule has 1 unspecified atom stereocenters. The van der Waals surface area contributed by atoms with Gasteiger partial charge in [-0.25, -0.2) is 8.42 Å². The minimum absolute atomic E-state index is 0.0529. The van der Waals surface area contributed by atoms with Gasteiger partial charge >= 0.3 is 0 Å². The maximum atomic E-state index is 11.6. The van der Waals surface area contributed by atoms with Crippen molar-refractivity contribution in [2.45, 2.75) is 31.3 Å². The number of hydrogen-bond acceptors (Lipinski definition) is 5. The van der Waals surface area contributed by atoms with Crippen LogP contribution in [-0.2, 0) is 16.3 Å². The molecular weight excluding hydrogens is 270 g/mol. The van der Waals surface area contributed by atoms with Crippen molar-refractivity contribution >= 4 is 15.5 Å². The topological polar surface area (TPSA) is 97.5 Å². The van der Waals surface area contributed by atoms with E-state index in [-0.39, 0.29) is 22.8 Å². The number of nitro benzene ring substituents is 1. The zero-order valence-electron chi connectivity index (χ0n) is 11.0. The van der Waals surface area contributed by atoms with Crippen molar-refractivity contribution < 1.29 is 18.4 Å². The van der Waals surface area contributed by atoms with Gasteiger partial charge in [-0.2, -0.15) is 0 Å². The molecule has 0 spiro atoms. The van der Waals surface area contributed by atoms with Gasteiger partial charge in [0, 0.05) is 18.2 Å². The van der Waals surface area contributed by atoms with Crippen LogP contribution in [0, 0.1) is 16.0 Å². The summed E-state index contributed by atoms with van der Waals surface area (Å²) in [5.41, 5.74) is -0.209. The molecule has 1 aromatic rings. The average molecular weight is 287 g/mol. The fourth-order valence-corrected chi connectivity index (χ4v) is 2.58. The number of sulfone groups is 1. The lowest BCUT2D eigenvalue weighted by Crippen LogP contribution is -2.19. The number of hydrogen-bond donors (Lipinski definition) is 1. The second-order valence-corrected chi connectivity index (χ2v) is 6.79. The van der Waals surface area contributed by atoms with Gasteiger partial charge < -0.3 is 5.11 Å². The lowest BCUT2D eigenvalue weighted by Gasteiger charge is -2.15. The zero-order chi connectivity index (χ0) is 14.8. The van der Waals surface area contributed by atoms with E-state index in [9.17, 15) is 23.6 Å². The summed E-state index contributed by atoms with van der Waals surface area (Å²) >= 11 is 0. The van der Waals surface area contributed by atoms with Crippen molar-refractivity contribution in [1.29, 1.82) is 0 Å². The highest BCUT2D eigenvalue weighted by Gasteiger charge is 2.27. The highest BCUT2D eigenvalue weighted by atomic mass is 32.2. The molecule has 0 bridgehead atoms. The van der Waals surface area contributed by atoms with E-state index >= 15 is 0 Å².